The summed E-state index contributed by atoms with van der Waals surface area (Å²) in [6.07, 6.45) is 2.46. The highest BCUT2D eigenvalue weighted by Gasteiger charge is 2.33. The van der Waals surface area contributed by atoms with Crippen LogP contribution in [0.3, 0.4) is 0 Å². The molecule has 2 aliphatic rings. The van der Waals surface area contributed by atoms with E-state index in [1.165, 1.54) is 11.9 Å². The number of para-hydroxylation sites is 1. The van der Waals surface area contributed by atoms with E-state index in [-0.39, 0.29) is 173 Å². The molecule has 2 unspecified atom stereocenters. The predicted octanol–water partition coefficient (Wildman–Crippen LogP) is 3.32. The number of nitrogens with one attached hydrogen (secondary N) is 7. The molecule has 0 aromatic heterocycles. The van der Waals surface area contributed by atoms with Crippen molar-refractivity contribution in [2.75, 3.05) is 190 Å². The van der Waals surface area contributed by atoms with E-state index in [2.05, 4.69) is 70.2 Å². The normalized spacial score (nSPS) is 14.6. The summed E-state index contributed by atoms with van der Waals surface area (Å²) >= 11 is 0. The van der Waals surface area contributed by atoms with E-state index in [1.54, 1.807) is 61.8 Å². The summed E-state index contributed by atoms with van der Waals surface area (Å²) in [4.78, 5) is 146. The fourth-order valence-electron chi connectivity index (χ4n) is 13.2. The smallest absolute Gasteiger partial charge is 0.410 e. The first-order valence-corrected chi connectivity index (χ1v) is 42.6. The van der Waals surface area contributed by atoms with Crippen molar-refractivity contribution in [3.05, 3.63) is 106 Å². The molecule has 0 bridgehead atoms. The third-order valence-corrected chi connectivity index (χ3v) is 19.9. The van der Waals surface area contributed by atoms with Crippen molar-refractivity contribution in [3.8, 4) is 11.8 Å². The van der Waals surface area contributed by atoms with Crippen LogP contribution in [0.5, 0.6) is 0 Å². The minimum atomic E-state index is -1.05. The maximum atomic E-state index is 13.6. The number of nitrogens with zero attached hydrogens (tertiary/aromatic N) is 4. The van der Waals surface area contributed by atoms with Gasteiger partial charge in [0.1, 0.15) is 31.3 Å². The molecular weight excluding hydrogens is 1590 g/mol. The summed E-state index contributed by atoms with van der Waals surface area (Å²) < 4.78 is 57.5. The van der Waals surface area contributed by atoms with E-state index >= 15 is 0 Å². The molecule has 3 aromatic carbocycles. The Kier molecular flexibility index (Phi) is 49.5. The average Bonchev–Trinajstić information content (AvgIpc) is 0.804. The molecule has 0 saturated heterocycles. The lowest BCUT2D eigenvalue weighted by Crippen LogP contribution is -2.54. The van der Waals surface area contributed by atoms with Gasteiger partial charge in [0.25, 0.3) is 0 Å². The van der Waals surface area contributed by atoms with Crippen molar-refractivity contribution in [1.82, 2.24) is 41.7 Å². The van der Waals surface area contributed by atoms with E-state index in [0.717, 1.165) is 27.7 Å². The number of unbranched alkanes of at least 4 members (excludes halogenated alkanes) is 2. The number of quaternary nitrogens is 1. The van der Waals surface area contributed by atoms with Crippen LogP contribution < -0.4 is 65.1 Å². The zero-order valence-electron chi connectivity index (χ0n) is 73.2. The summed E-state index contributed by atoms with van der Waals surface area (Å²) in [5, 5.41) is 20.3. The molecule has 3 aromatic rings. The molecule has 0 radical (unpaired) electrons. The Bertz CT molecular complexity index is 3850. The second-order valence-corrected chi connectivity index (χ2v) is 31.6. The molecule has 36 nitrogen and oxygen atoms in total. The van der Waals surface area contributed by atoms with Gasteiger partial charge in [0.15, 0.2) is 0 Å². The minimum Gasteiger partial charge on any atom is -0.445 e. The molecule has 0 saturated carbocycles. The third kappa shape index (κ3) is 42.7. The van der Waals surface area contributed by atoms with E-state index < -0.39 is 71.9 Å². The maximum Gasteiger partial charge on any atom is 0.410 e. The summed E-state index contributed by atoms with van der Waals surface area (Å²) in [5.41, 5.74) is 29.5. The summed E-state index contributed by atoms with van der Waals surface area (Å²) in [6.45, 7) is 13.7. The van der Waals surface area contributed by atoms with Gasteiger partial charge in [-0.2, -0.15) is 0 Å². The lowest BCUT2D eigenvalue weighted by molar-refractivity contribution is -0.869. The van der Waals surface area contributed by atoms with Gasteiger partial charge >= 0.3 is 12.1 Å². The number of amides is 12. The van der Waals surface area contributed by atoms with Crippen molar-refractivity contribution in [2.24, 2.45) is 34.8 Å². The molecule has 1 aliphatic carbocycles. The molecule has 5 atom stereocenters. The van der Waals surface area contributed by atoms with Crippen molar-refractivity contribution < 1.29 is 105 Å². The Hall–Kier alpha value is -10.1. The number of fused-ring (bicyclic) bond motifs is 2. The SMILES string of the molecule is CC(C)[C@H](NC(=O)[C@@H](CCCCNC(=O)COC1CCCC(N(CCCCC(=O)Nc2ccc(COC(=O)N(C)[C@H](C(N)=O)C(C)C)cc2)C(N)=O)CC(NCCOCCOCCOCCOCCC(=O)NCC[N+](C)(C)C)=C1N)NC(=O)CCOCCOCCOCCOCCNC(=O)CCC(=O)N1Cc2ccccc2C#Cc2ccccc21)C(N)=O. The van der Waals surface area contributed by atoms with E-state index in [1.807, 2.05) is 48.5 Å². The monoisotopic (exact) mass is 1730 g/mol. The fraction of sp³-hybridized carbons (Fsp3) is 0.621. The highest BCUT2D eigenvalue weighted by Crippen LogP contribution is 2.29. The molecule has 0 spiro atoms. The van der Waals surface area contributed by atoms with Gasteiger partial charge in [-0.3, -0.25) is 48.1 Å². The van der Waals surface area contributed by atoms with Gasteiger partial charge in [0, 0.05) is 100 Å². The van der Waals surface area contributed by atoms with Gasteiger partial charge in [-0.05, 0) is 105 Å². The van der Waals surface area contributed by atoms with Crippen LogP contribution >= 0.6 is 0 Å². The van der Waals surface area contributed by atoms with Gasteiger partial charge in [0.2, 0.25) is 53.2 Å². The number of carbonyl (C=O) groups is 11. The maximum absolute atomic E-state index is 13.6. The van der Waals surface area contributed by atoms with Gasteiger partial charge in [0.05, 0.1) is 164 Å². The number of likely N-dealkylation sites (N-methyl/N-ethyl adjacent to an activating group) is 2. The Morgan fingerprint density at radius 2 is 1.11 bits per heavy atom. The molecule has 5 rings (SSSR count). The van der Waals surface area contributed by atoms with E-state index in [4.69, 9.17) is 70.3 Å². The molecule has 15 N–H and O–H groups in total. The van der Waals surface area contributed by atoms with Crippen LogP contribution in [-0.2, 0) is 104 Å². The zero-order valence-corrected chi connectivity index (χ0v) is 73.2. The molecule has 1 heterocycles. The van der Waals surface area contributed by atoms with Crippen molar-refractivity contribution >= 4 is 76.7 Å². The highest BCUT2D eigenvalue weighted by atomic mass is 16.6. The number of urea groups is 1. The first-order chi connectivity index (χ1) is 59.0. The van der Waals surface area contributed by atoms with Crippen LogP contribution in [0, 0.1) is 23.7 Å². The number of benzene rings is 3. The fourth-order valence-corrected chi connectivity index (χ4v) is 13.2. The van der Waals surface area contributed by atoms with Gasteiger partial charge < -0.3 is 122 Å². The number of hydrogen-bond acceptors (Lipinski definition) is 23. The number of anilines is 2. The third-order valence-electron chi connectivity index (χ3n) is 19.9. The Balaban J connectivity index is 1.01. The molecule has 12 amide bonds. The highest BCUT2D eigenvalue weighted by molar-refractivity contribution is 5.97. The van der Waals surface area contributed by atoms with Crippen LogP contribution in [0.15, 0.2) is 84.2 Å². The lowest BCUT2D eigenvalue weighted by Gasteiger charge is -2.35. The van der Waals surface area contributed by atoms with E-state index in [9.17, 15) is 52.7 Å². The second-order valence-electron chi connectivity index (χ2n) is 31.6. The molecule has 36 heteroatoms. The van der Waals surface area contributed by atoms with Crippen molar-refractivity contribution in [1.29, 1.82) is 0 Å². The zero-order chi connectivity index (χ0) is 89.7. The van der Waals surface area contributed by atoms with Crippen LogP contribution in [0.2, 0.25) is 0 Å². The van der Waals surface area contributed by atoms with Crippen molar-refractivity contribution in [2.45, 2.75) is 161 Å². The lowest BCUT2D eigenvalue weighted by atomic mass is 9.94. The molecular formula is C87H136N15O21+. The average molecular weight is 1730 g/mol. The number of primary amides is 3. The summed E-state index contributed by atoms with van der Waals surface area (Å²) in [6, 6.07) is 18.0. The first kappa shape index (κ1) is 103. The number of ether oxygens (including phenoxy) is 10. The van der Waals surface area contributed by atoms with Crippen LogP contribution in [0.25, 0.3) is 0 Å². The quantitative estimate of drug-likeness (QED) is 0.0219. The number of carbonyl (C=O) groups excluding carboxylic acids is 11. The number of rotatable bonds is 62. The minimum absolute atomic E-state index is 0.0205. The summed E-state index contributed by atoms with van der Waals surface area (Å²) in [7, 11) is 7.64. The topological polar surface area (TPSA) is 478 Å². The van der Waals surface area contributed by atoms with Gasteiger partial charge in [-0.1, -0.05) is 82.0 Å². The number of nitrogens with two attached hydrogens (primary N) is 4. The second kappa shape index (κ2) is 58.9. The largest absolute Gasteiger partial charge is 0.445 e. The predicted molar refractivity (Wildman–Crippen MR) is 461 cm³/mol. The number of hydrogen-bond donors (Lipinski definition) is 11. The summed E-state index contributed by atoms with van der Waals surface area (Å²) in [5.74, 6) is 2.22. The first-order valence-electron chi connectivity index (χ1n) is 42.6. The van der Waals surface area contributed by atoms with Gasteiger partial charge in [-0.15, -0.1) is 0 Å². The Morgan fingerprint density at radius 3 is 1.72 bits per heavy atom. The van der Waals surface area contributed by atoms with Gasteiger partial charge in [-0.25, -0.2) is 9.59 Å². The van der Waals surface area contributed by atoms with Crippen LogP contribution in [-0.4, -0.2) is 290 Å². The van der Waals surface area contributed by atoms with Crippen molar-refractivity contribution in [3.63, 3.8) is 0 Å². The Labute approximate surface area is 723 Å². The van der Waals surface area contributed by atoms with E-state index in [0.29, 0.717) is 139 Å². The Morgan fingerprint density at radius 1 is 0.553 bits per heavy atom. The molecule has 0 fully saturated rings. The van der Waals surface area contributed by atoms with Crippen LogP contribution in [0.4, 0.5) is 21.0 Å². The van der Waals surface area contributed by atoms with Crippen LogP contribution in [0.1, 0.15) is 140 Å². The molecule has 1 aliphatic heterocycles. The molecule has 684 valence electrons. The molecule has 123 heavy (non-hydrogen) atoms. The standard InChI is InChI=1S/C87H135N15O21/c1-62(2)81(83(89)109)98-85(111)70(97-77(106)35-43-115-47-51-119-55-57-121-53-49-117-45-39-95-74(103)32-33-79(108)101-59-67-20-10-9-18-65(67)28-29-66-19-11-12-23-72(66)101)22-13-15-36-93-78(107)61-122-73-24-17-21-69(58-71(80(73)88)92-38-44-116-48-52-120-56-54-118-50-46-114-42-34-75(104)94-37-41-102(6,7)8)100(86(91)112)40-16-14-25-76(105)96-68-30-26-64(27-31-68)60-123-87(113)99(5)82(63(3)4)84(90)110/h9-12,18-20,23,26-27,30-31,62-63,69-70,73,81-82,92H,13-17,21-22,24-25,32-61,88H2,1-8H3,(H11-,89,90,91,93,94,95,96,97,98,103,104,105,106,107,109,110,111,112)/p+1/t69?,70-,73?,81+,82+/m1/s1.